The van der Waals surface area contributed by atoms with E-state index in [0.717, 1.165) is 11.5 Å². The molecule has 0 aliphatic rings. The van der Waals surface area contributed by atoms with Gasteiger partial charge in [-0.25, -0.2) is 4.99 Å². The average Bonchev–Trinajstić information content (AvgIpc) is 2.38. The highest BCUT2D eigenvalue weighted by Gasteiger charge is 2.07. The van der Waals surface area contributed by atoms with Crippen LogP contribution in [0.2, 0.25) is 0 Å². The molecule has 1 aromatic rings. The van der Waals surface area contributed by atoms with Gasteiger partial charge in [0.1, 0.15) is 12.4 Å². The van der Waals surface area contributed by atoms with E-state index in [9.17, 15) is 4.79 Å². The summed E-state index contributed by atoms with van der Waals surface area (Å²) in [5.41, 5.74) is 1.42. The van der Waals surface area contributed by atoms with Crippen molar-refractivity contribution in [3.63, 3.8) is 0 Å². The Hall–Kier alpha value is -1.88. The zero-order chi connectivity index (χ0) is 15.1. The Balaban J connectivity index is 2.81. The van der Waals surface area contributed by atoms with E-state index in [1.54, 1.807) is 0 Å². The molecule has 0 radical (unpaired) electrons. The van der Waals surface area contributed by atoms with Gasteiger partial charge in [0, 0.05) is 14.1 Å². The first kappa shape index (κ1) is 16.2. The highest BCUT2D eigenvalue weighted by atomic mass is 16.5. The Bertz CT molecular complexity index is 482. The standard InChI is InChI=1S/C15H23N3O2/c1-11(2)20-10-15(19)17-14-9-7-6-8-13(14)16-12(3)18(4)5/h6-9,11H,10H2,1-5H3,(H,17,19). The van der Waals surface area contributed by atoms with Crippen LogP contribution in [-0.4, -0.2) is 43.4 Å². The molecule has 0 aliphatic carbocycles. The number of nitrogens with zero attached hydrogens (tertiary/aromatic N) is 2. The summed E-state index contributed by atoms with van der Waals surface area (Å²) in [5, 5.41) is 2.82. The first-order chi connectivity index (χ1) is 9.40. The number of carbonyl (C=O) groups is 1. The second-order valence-electron chi connectivity index (χ2n) is 4.98. The molecule has 1 amide bonds. The largest absolute Gasteiger partial charge is 0.369 e. The van der Waals surface area contributed by atoms with Gasteiger partial charge >= 0.3 is 0 Å². The number of hydrogen-bond acceptors (Lipinski definition) is 3. The number of rotatable bonds is 5. The number of anilines is 1. The second-order valence-corrected chi connectivity index (χ2v) is 4.98. The molecule has 0 saturated heterocycles. The van der Waals surface area contributed by atoms with Crippen LogP contribution < -0.4 is 5.32 Å². The third-order valence-electron chi connectivity index (χ3n) is 2.66. The maximum Gasteiger partial charge on any atom is 0.250 e. The molecule has 0 unspecified atom stereocenters. The minimum atomic E-state index is -0.177. The van der Waals surface area contributed by atoms with Gasteiger partial charge in [0.2, 0.25) is 5.91 Å². The summed E-state index contributed by atoms with van der Waals surface area (Å²) >= 11 is 0. The van der Waals surface area contributed by atoms with E-state index >= 15 is 0 Å². The Morgan fingerprint density at radius 2 is 2.00 bits per heavy atom. The summed E-state index contributed by atoms with van der Waals surface area (Å²) in [4.78, 5) is 18.2. The van der Waals surface area contributed by atoms with Crippen molar-refractivity contribution < 1.29 is 9.53 Å². The zero-order valence-electron chi connectivity index (χ0n) is 12.8. The summed E-state index contributed by atoms with van der Waals surface area (Å²) in [6.07, 6.45) is 0.0324. The Kier molecular flexibility index (Phi) is 6.18. The highest BCUT2D eigenvalue weighted by molar-refractivity contribution is 5.95. The summed E-state index contributed by atoms with van der Waals surface area (Å²) in [6.45, 7) is 5.75. The molecule has 0 aliphatic heterocycles. The molecule has 5 nitrogen and oxygen atoms in total. The Morgan fingerprint density at radius 1 is 1.35 bits per heavy atom. The molecule has 110 valence electrons. The van der Waals surface area contributed by atoms with E-state index in [0.29, 0.717) is 5.69 Å². The van der Waals surface area contributed by atoms with Crippen LogP contribution in [0.3, 0.4) is 0 Å². The van der Waals surface area contributed by atoms with Crippen molar-refractivity contribution in [1.82, 2.24) is 4.90 Å². The fourth-order valence-corrected chi connectivity index (χ4v) is 1.38. The lowest BCUT2D eigenvalue weighted by molar-refractivity contribution is -0.121. The quantitative estimate of drug-likeness (QED) is 0.665. The van der Waals surface area contributed by atoms with Crippen LogP contribution in [0.1, 0.15) is 20.8 Å². The molecule has 0 spiro atoms. The zero-order valence-corrected chi connectivity index (χ0v) is 12.8. The predicted octanol–water partition coefficient (Wildman–Crippen LogP) is 2.66. The molecule has 0 bridgehead atoms. The summed E-state index contributed by atoms with van der Waals surface area (Å²) in [5.74, 6) is 0.689. The van der Waals surface area contributed by atoms with Crippen molar-refractivity contribution >= 4 is 23.1 Å². The van der Waals surface area contributed by atoms with Crippen LogP contribution in [0, 0.1) is 0 Å². The van der Waals surface area contributed by atoms with Gasteiger partial charge in [0.05, 0.1) is 17.5 Å². The van der Waals surface area contributed by atoms with Gasteiger partial charge in [0.25, 0.3) is 0 Å². The van der Waals surface area contributed by atoms with E-state index in [4.69, 9.17) is 4.74 Å². The number of para-hydroxylation sites is 2. The van der Waals surface area contributed by atoms with Gasteiger partial charge in [-0.1, -0.05) is 12.1 Å². The first-order valence-corrected chi connectivity index (χ1v) is 6.63. The smallest absolute Gasteiger partial charge is 0.250 e. The number of aliphatic imine (C=N–C) groups is 1. The van der Waals surface area contributed by atoms with Gasteiger partial charge in [0.15, 0.2) is 0 Å². The SMILES string of the molecule is CC(=Nc1ccccc1NC(=O)COC(C)C)N(C)C. The molecular weight excluding hydrogens is 254 g/mol. The molecule has 1 rings (SSSR count). The first-order valence-electron chi connectivity index (χ1n) is 6.63. The summed E-state index contributed by atoms with van der Waals surface area (Å²) < 4.78 is 5.28. The highest BCUT2D eigenvalue weighted by Crippen LogP contribution is 2.24. The maximum absolute atomic E-state index is 11.8. The fraction of sp³-hybridized carbons (Fsp3) is 0.467. The number of amidine groups is 1. The molecule has 1 aromatic carbocycles. The lowest BCUT2D eigenvalue weighted by atomic mass is 10.2. The van der Waals surface area contributed by atoms with Crippen molar-refractivity contribution in [2.24, 2.45) is 4.99 Å². The number of nitrogens with one attached hydrogen (secondary N) is 1. The fourth-order valence-electron chi connectivity index (χ4n) is 1.38. The van der Waals surface area contributed by atoms with Crippen molar-refractivity contribution in [2.75, 3.05) is 26.0 Å². The Morgan fingerprint density at radius 3 is 2.60 bits per heavy atom. The average molecular weight is 277 g/mol. The van der Waals surface area contributed by atoms with Crippen LogP contribution in [0.15, 0.2) is 29.3 Å². The molecule has 0 heterocycles. The lowest BCUT2D eigenvalue weighted by Gasteiger charge is -2.13. The topological polar surface area (TPSA) is 53.9 Å². The maximum atomic E-state index is 11.8. The monoisotopic (exact) mass is 277 g/mol. The van der Waals surface area contributed by atoms with Crippen molar-refractivity contribution in [2.45, 2.75) is 26.9 Å². The van der Waals surface area contributed by atoms with Crippen LogP contribution in [0.4, 0.5) is 11.4 Å². The van der Waals surface area contributed by atoms with Gasteiger partial charge < -0.3 is 15.0 Å². The number of hydrogen-bond donors (Lipinski definition) is 1. The van der Waals surface area contributed by atoms with E-state index < -0.39 is 0 Å². The van der Waals surface area contributed by atoms with Gasteiger partial charge in [-0.15, -0.1) is 0 Å². The van der Waals surface area contributed by atoms with Crippen LogP contribution in [-0.2, 0) is 9.53 Å². The molecular formula is C15H23N3O2. The molecule has 0 atom stereocenters. The van der Waals surface area contributed by atoms with Crippen molar-refractivity contribution in [3.8, 4) is 0 Å². The Labute approximate surface area is 120 Å². The van der Waals surface area contributed by atoms with Crippen molar-refractivity contribution in [3.05, 3.63) is 24.3 Å². The second kappa shape index (κ2) is 7.65. The molecule has 20 heavy (non-hydrogen) atoms. The third kappa shape index (κ3) is 5.40. The molecule has 0 aromatic heterocycles. The van der Waals surface area contributed by atoms with Crippen molar-refractivity contribution in [1.29, 1.82) is 0 Å². The number of ether oxygens (including phenoxy) is 1. The minimum absolute atomic E-state index is 0.0324. The number of benzene rings is 1. The normalized spacial score (nSPS) is 11.6. The van der Waals surface area contributed by atoms with Crippen LogP contribution >= 0.6 is 0 Å². The molecule has 1 N–H and O–H groups in total. The minimum Gasteiger partial charge on any atom is -0.369 e. The summed E-state index contributed by atoms with van der Waals surface area (Å²) in [7, 11) is 3.85. The lowest BCUT2D eigenvalue weighted by Crippen LogP contribution is -2.21. The van der Waals surface area contributed by atoms with E-state index in [1.165, 1.54) is 0 Å². The molecule has 5 heteroatoms. The molecule has 0 saturated carbocycles. The van der Waals surface area contributed by atoms with Gasteiger partial charge in [-0.2, -0.15) is 0 Å². The number of amides is 1. The predicted molar refractivity (Wildman–Crippen MR) is 82.6 cm³/mol. The van der Waals surface area contributed by atoms with Gasteiger partial charge in [-0.3, -0.25) is 4.79 Å². The van der Waals surface area contributed by atoms with Gasteiger partial charge in [-0.05, 0) is 32.9 Å². The summed E-state index contributed by atoms with van der Waals surface area (Å²) in [6, 6.07) is 7.45. The van der Waals surface area contributed by atoms with E-state index in [2.05, 4.69) is 10.3 Å². The van der Waals surface area contributed by atoms with E-state index in [-0.39, 0.29) is 18.6 Å². The van der Waals surface area contributed by atoms with Crippen LogP contribution in [0.25, 0.3) is 0 Å². The molecule has 0 fully saturated rings. The number of carbonyl (C=O) groups excluding carboxylic acids is 1. The van der Waals surface area contributed by atoms with E-state index in [1.807, 2.05) is 64.0 Å². The van der Waals surface area contributed by atoms with Crippen LogP contribution in [0.5, 0.6) is 0 Å². The third-order valence-corrected chi connectivity index (χ3v) is 2.66.